The van der Waals surface area contributed by atoms with Gasteiger partial charge in [-0.05, 0) is 36.8 Å². The van der Waals surface area contributed by atoms with E-state index >= 15 is 0 Å². The molecule has 122 valence electrons. The number of rotatable bonds is 5. The van der Waals surface area contributed by atoms with Crippen LogP contribution in [0.5, 0.6) is 0 Å². The lowest BCUT2D eigenvalue weighted by molar-refractivity contribution is 0.0942. The maximum Gasteiger partial charge on any atom is 0.291 e. The molecule has 2 N–H and O–H groups in total. The van der Waals surface area contributed by atoms with Crippen molar-refractivity contribution in [3.05, 3.63) is 77.1 Å². The van der Waals surface area contributed by atoms with Crippen molar-refractivity contribution >= 4 is 28.2 Å². The summed E-state index contributed by atoms with van der Waals surface area (Å²) in [5, 5.41) is 6.25. The van der Waals surface area contributed by atoms with E-state index in [1.165, 1.54) is 17.6 Å². The molecule has 24 heavy (non-hydrogen) atoms. The van der Waals surface area contributed by atoms with E-state index in [2.05, 4.69) is 10.6 Å². The number of thiophene rings is 1. The number of nitrogens with one attached hydrogen (secondary N) is 2. The first-order chi connectivity index (χ1) is 11.6. The summed E-state index contributed by atoms with van der Waals surface area (Å²) in [6.45, 7) is 1.93. The summed E-state index contributed by atoms with van der Waals surface area (Å²) in [4.78, 5) is 24.8. The molecule has 0 aliphatic carbocycles. The molecule has 0 saturated carbocycles. The molecule has 6 heteroatoms. The smallest absolute Gasteiger partial charge is 0.291 e. The average Bonchev–Trinajstić information content (AvgIpc) is 3.27. The molecule has 2 heterocycles. The number of carbonyl (C=O) groups excluding carboxylic acids is 2. The van der Waals surface area contributed by atoms with Crippen molar-refractivity contribution in [1.29, 1.82) is 0 Å². The van der Waals surface area contributed by atoms with E-state index in [0.717, 1.165) is 5.56 Å². The number of carbonyl (C=O) groups is 2. The van der Waals surface area contributed by atoms with E-state index < -0.39 is 0 Å². The molecule has 0 saturated heterocycles. The summed E-state index contributed by atoms with van der Waals surface area (Å²) in [5.74, 6) is -0.284. The van der Waals surface area contributed by atoms with Crippen LogP contribution in [0.3, 0.4) is 0 Å². The molecule has 1 aromatic carbocycles. The first-order valence-corrected chi connectivity index (χ1v) is 8.25. The molecule has 0 spiro atoms. The van der Waals surface area contributed by atoms with Crippen molar-refractivity contribution in [1.82, 2.24) is 5.32 Å². The van der Waals surface area contributed by atoms with E-state index in [4.69, 9.17) is 4.42 Å². The number of anilines is 1. The summed E-state index contributed by atoms with van der Waals surface area (Å²) in [7, 11) is 0. The van der Waals surface area contributed by atoms with Crippen LogP contribution in [0.25, 0.3) is 0 Å². The minimum atomic E-state index is -0.341. The van der Waals surface area contributed by atoms with Crippen LogP contribution in [0.4, 0.5) is 5.00 Å². The van der Waals surface area contributed by atoms with Gasteiger partial charge in [-0.3, -0.25) is 9.59 Å². The Morgan fingerprint density at radius 3 is 2.50 bits per heavy atom. The van der Waals surface area contributed by atoms with Gasteiger partial charge in [0.1, 0.15) is 0 Å². The number of hydrogen-bond acceptors (Lipinski definition) is 4. The van der Waals surface area contributed by atoms with Crippen LogP contribution in [0.1, 0.15) is 38.8 Å². The van der Waals surface area contributed by atoms with Gasteiger partial charge >= 0.3 is 0 Å². The standard InChI is InChI=1S/C18H16N2O3S/c1-12(13-6-3-2-4-7-13)19-18(22)15-9-10-16(24-15)20-17(21)14-8-5-11-23-14/h2-12H,1H3,(H,19,22)(H,20,21)/t12-/m1/s1. The first kappa shape index (κ1) is 16.0. The molecule has 2 aromatic heterocycles. The van der Waals surface area contributed by atoms with Gasteiger partial charge in [0, 0.05) is 0 Å². The van der Waals surface area contributed by atoms with Gasteiger partial charge in [0.25, 0.3) is 11.8 Å². The van der Waals surface area contributed by atoms with Crippen LogP contribution in [-0.2, 0) is 0 Å². The third kappa shape index (κ3) is 3.72. The van der Waals surface area contributed by atoms with Crippen molar-refractivity contribution in [2.45, 2.75) is 13.0 Å². The Labute approximate surface area is 143 Å². The zero-order chi connectivity index (χ0) is 16.9. The largest absolute Gasteiger partial charge is 0.459 e. The molecule has 0 unspecified atom stereocenters. The predicted octanol–water partition coefficient (Wildman–Crippen LogP) is 4.08. The molecule has 0 radical (unpaired) electrons. The second-order valence-corrected chi connectivity index (χ2v) is 6.28. The SMILES string of the molecule is C[C@@H](NC(=O)c1ccc(NC(=O)c2ccco2)s1)c1ccccc1. The van der Waals surface area contributed by atoms with Gasteiger partial charge in [0.05, 0.1) is 22.2 Å². The number of furan rings is 1. The topological polar surface area (TPSA) is 71.3 Å². The maximum atomic E-state index is 12.3. The maximum absolute atomic E-state index is 12.3. The molecule has 5 nitrogen and oxygen atoms in total. The number of amides is 2. The van der Waals surface area contributed by atoms with Crippen LogP contribution >= 0.6 is 11.3 Å². The normalized spacial score (nSPS) is 11.7. The highest BCUT2D eigenvalue weighted by Gasteiger charge is 2.15. The Balaban J connectivity index is 1.62. The molecular weight excluding hydrogens is 324 g/mol. The highest BCUT2D eigenvalue weighted by Crippen LogP contribution is 2.23. The van der Waals surface area contributed by atoms with Gasteiger partial charge in [-0.1, -0.05) is 30.3 Å². The van der Waals surface area contributed by atoms with Crippen LogP contribution < -0.4 is 10.6 Å². The highest BCUT2D eigenvalue weighted by molar-refractivity contribution is 7.18. The van der Waals surface area contributed by atoms with Crippen LogP contribution in [-0.4, -0.2) is 11.8 Å². The Hall–Kier alpha value is -2.86. The minimum absolute atomic E-state index is 0.0954. The summed E-state index contributed by atoms with van der Waals surface area (Å²) in [5.41, 5.74) is 1.04. The molecule has 0 aliphatic heterocycles. The van der Waals surface area contributed by atoms with Gasteiger partial charge in [-0.2, -0.15) is 0 Å². The van der Waals surface area contributed by atoms with Gasteiger partial charge in [0.2, 0.25) is 0 Å². The predicted molar refractivity (Wildman–Crippen MR) is 93.3 cm³/mol. The van der Waals surface area contributed by atoms with Crippen molar-refractivity contribution < 1.29 is 14.0 Å². The summed E-state index contributed by atoms with van der Waals surface area (Å²) < 4.78 is 5.04. The molecule has 2 amide bonds. The van der Waals surface area contributed by atoms with E-state index in [1.54, 1.807) is 24.3 Å². The molecule has 0 fully saturated rings. The monoisotopic (exact) mass is 340 g/mol. The minimum Gasteiger partial charge on any atom is -0.459 e. The first-order valence-electron chi connectivity index (χ1n) is 7.44. The molecule has 1 atom stereocenters. The Morgan fingerprint density at radius 2 is 1.79 bits per heavy atom. The summed E-state index contributed by atoms with van der Waals surface area (Å²) in [6, 6.07) is 16.3. The molecule has 3 rings (SSSR count). The highest BCUT2D eigenvalue weighted by atomic mass is 32.1. The van der Waals surface area contributed by atoms with Crippen molar-refractivity contribution in [3.8, 4) is 0 Å². The van der Waals surface area contributed by atoms with Crippen LogP contribution in [0.15, 0.2) is 65.3 Å². The fraction of sp³-hybridized carbons (Fsp3) is 0.111. The Kier molecular flexibility index (Phi) is 4.77. The van der Waals surface area contributed by atoms with Gasteiger partial charge < -0.3 is 15.1 Å². The van der Waals surface area contributed by atoms with E-state index in [-0.39, 0.29) is 23.6 Å². The van der Waals surface area contributed by atoms with E-state index in [9.17, 15) is 9.59 Å². The Morgan fingerprint density at radius 1 is 1.00 bits per heavy atom. The number of benzene rings is 1. The van der Waals surface area contributed by atoms with E-state index in [0.29, 0.717) is 9.88 Å². The average molecular weight is 340 g/mol. The second kappa shape index (κ2) is 7.14. The third-order valence-corrected chi connectivity index (χ3v) is 4.46. The second-order valence-electron chi connectivity index (χ2n) is 5.20. The lowest BCUT2D eigenvalue weighted by Gasteiger charge is -2.13. The lowest BCUT2D eigenvalue weighted by Crippen LogP contribution is -2.25. The van der Waals surface area contributed by atoms with E-state index in [1.807, 2.05) is 37.3 Å². The fourth-order valence-corrected chi connectivity index (χ4v) is 3.01. The van der Waals surface area contributed by atoms with Crippen molar-refractivity contribution in [2.75, 3.05) is 5.32 Å². The zero-order valence-corrected chi connectivity index (χ0v) is 13.8. The zero-order valence-electron chi connectivity index (χ0n) is 13.0. The Bertz CT molecular complexity index is 825. The molecular formula is C18H16N2O3S. The lowest BCUT2D eigenvalue weighted by atomic mass is 10.1. The van der Waals surface area contributed by atoms with Crippen molar-refractivity contribution in [2.24, 2.45) is 0 Å². The number of hydrogen-bond donors (Lipinski definition) is 2. The van der Waals surface area contributed by atoms with Gasteiger partial charge in [0.15, 0.2) is 5.76 Å². The summed E-state index contributed by atoms with van der Waals surface area (Å²) in [6.07, 6.45) is 1.44. The third-order valence-electron chi connectivity index (χ3n) is 3.46. The summed E-state index contributed by atoms with van der Waals surface area (Å²) >= 11 is 1.22. The van der Waals surface area contributed by atoms with Crippen LogP contribution in [0.2, 0.25) is 0 Å². The molecule has 3 aromatic rings. The van der Waals surface area contributed by atoms with Gasteiger partial charge in [-0.25, -0.2) is 0 Å². The quantitative estimate of drug-likeness (QED) is 0.735. The fourth-order valence-electron chi connectivity index (χ4n) is 2.20. The van der Waals surface area contributed by atoms with Crippen LogP contribution in [0, 0.1) is 0 Å². The van der Waals surface area contributed by atoms with Gasteiger partial charge in [-0.15, -0.1) is 11.3 Å². The molecule has 0 aliphatic rings. The molecule has 0 bridgehead atoms. The van der Waals surface area contributed by atoms with Crippen molar-refractivity contribution in [3.63, 3.8) is 0 Å².